The number of hydrogen-bond donors (Lipinski definition) is 0. The van der Waals surface area contributed by atoms with Crippen molar-refractivity contribution >= 4 is 43.9 Å². The van der Waals surface area contributed by atoms with Crippen LogP contribution < -0.4 is 0 Å². The predicted molar refractivity (Wildman–Crippen MR) is 157 cm³/mol. The minimum Gasteiger partial charge on any atom is -0.456 e. The third-order valence-corrected chi connectivity index (χ3v) is 6.41. The van der Waals surface area contributed by atoms with Crippen LogP contribution in [0.2, 0.25) is 0 Å². The highest BCUT2D eigenvalue weighted by molar-refractivity contribution is 6.07. The average molecular weight is 501 g/mol. The molecule has 0 spiro atoms. The van der Waals surface area contributed by atoms with Crippen LogP contribution in [0.25, 0.3) is 77.3 Å². The topological polar surface area (TPSA) is 26.3 Å². The van der Waals surface area contributed by atoms with Gasteiger partial charge in [0.1, 0.15) is 22.3 Å². The lowest BCUT2D eigenvalue weighted by atomic mass is 9.95. The quantitative estimate of drug-likeness (QED) is 0.241. The fraction of sp³-hybridized carbons (Fsp3) is 0. The molecule has 8 aromatic rings. The zero-order valence-electron chi connectivity index (χ0n) is 33.4. The molecule has 8 rings (SSSR count). The smallest absolute Gasteiger partial charge is 0.135 e. The summed E-state index contributed by atoms with van der Waals surface area (Å²) in [6.45, 7) is 0. The number of furan rings is 2. The molecule has 0 aliphatic heterocycles. The van der Waals surface area contributed by atoms with E-state index in [0.29, 0.717) is 22.3 Å². The van der Waals surface area contributed by atoms with Crippen molar-refractivity contribution in [2.24, 2.45) is 0 Å². The molecule has 0 bridgehead atoms. The third-order valence-electron chi connectivity index (χ3n) is 6.41. The first kappa shape index (κ1) is 11.5. The first-order chi connectivity index (χ1) is 24.6. The van der Waals surface area contributed by atoms with Crippen molar-refractivity contribution in [3.63, 3.8) is 0 Å². The van der Waals surface area contributed by atoms with Gasteiger partial charge in [-0.05, 0) is 81.8 Å². The molecule has 0 N–H and O–H groups in total. The van der Waals surface area contributed by atoms with E-state index in [1.807, 2.05) is 0 Å². The summed E-state index contributed by atoms with van der Waals surface area (Å²) in [7, 11) is 0. The molecule has 178 valence electrons. The van der Waals surface area contributed by atoms with E-state index in [4.69, 9.17) is 28.0 Å². The van der Waals surface area contributed by atoms with E-state index >= 15 is 0 Å². The van der Waals surface area contributed by atoms with Crippen molar-refractivity contribution in [3.8, 4) is 33.4 Å². The zero-order chi connectivity index (χ0) is 37.2. The van der Waals surface area contributed by atoms with E-state index in [2.05, 4.69) is 0 Å². The molecule has 0 atom stereocenters. The molecule has 6 aromatic carbocycles. The van der Waals surface area contributed by atoms with Crippen LogP contribution in [-0.2, 0) is 0 Å². The Morgan fingerprint density at radius 1 is 0.395 bits per heavy atom. The van der Waals surface area contributed by atoms with Crippen LogP contribution in [0.15, 0.2) is 142 Å². The van der Waals surface area contributed by atoms with Gasteiger partial charge < -0.3 is 8.83 Å². The predicted octanol–water partition coefficient (Wildman–Crippen LogP) is 10.5. The standard InChI is InChI=1S/C36H22O2/c1-3-13-33-29(11-1)31-21-27(15-17-35(31)37-33)25-9-5-7-23(19-25)24-8-6-10-26(20-24)28-16-18-36-32(22-28)30-12-2-4-14-34(30)38-36/h1-22H/i1D,2D,3D,4D,11D,12D,13D,14D,15D,16D,17D,18D,21D,22D. The number of rotatable bonds is 3. The maximum Gasteiger partial charge on any atom is 0.135 e. The molecule has 2 heteroatoms. The second-order valence-corrected chi connectivity index (χ2v) is 8.68. The lowest BCUT2D eigenvalue weighted by Crippen LogP contribution is -1.84. The molecule has 0 aliphatic rings. The van der Waals surface area contributed by atoms with Gasteiger partial charge in [0.05, 0.1) is 19.2 Å². The molecule has 0 saturated carbocycles. The maximum atomic E-state index is 9.13. The second kappa shape index (κ2) is 8.22. The van der Waals surface area contributed by atoms with Crippen LogP contribution in [0, 0.1) is 0 Å². The van der Waals surface area contributed by atoms with Crippen LogP contribution >= 0.6 is 0 Å². The van der Waals surface area contributed by atoms with Crippen LogP contribution in [0.4, 0.5) is 0 Å². The Morgan fingerprint density at radius 2 is 0.789 bits per heavy atom. The van der Waals surface area contributed by atoms with Crippen molar-refractivity contribution in [1.29, 1.82) is 0 Å². The third kappa shape index (κ3) is 3.35. The van der Waals surface area contributed by atoms with E-state index in [9.17, 15) is 0 Å². The van der Waals surface area contributed by atoms with Gasteiger partial charge in [-0.2, -0.15) is 0 Å². The maximum absolute atomic E-state index is 9.13. The highest BCUT2D eigenvalue weighted by Gasteiger charge is 2.11. The first-order valence-electron chi connectivity index (χ1n) is 18.7. The van der Waals surface area contributed by atoms with Gasteiger partial charge in [0.2, 0.25) is 0 Å². The lowest BCUT2D eigenvalue weighted by Gasteiger charge is -2.09. The zero-order valence-corrected chi connectivity index (χ0v) is 19.4. The van der Waals surface area contributed by atoms with Gasteiger partial charge in [-0.25, -0.2) is 0 Å². The SMILES string of the molecule is [2H]c1c([2H])c([2H])c2c(oc3c([2H])c([2H])c(-c4cccc(-c5cccc(-c6c([2H])c([2H])c7oc8c([2H])c([2H])c([2H])c([2H])c8c7c6[2H])c5)c4)c([2H])c32)c1[2H]. The monoisotopic (exact) mass is 500 g/mol. The summed E-state index contributed by atoms with van der Waals surface area (Å²) >= 11 is 0. The molecular formula is C36H22O2. The van der Waals surface area contributed by atoms with Crippen molar-refractivity contribution < 1.29 is 28.0 Å². The Labute approximate surface area is 239 Å². The highest BCUT2D eigenvalue weighted by Crippen LogP contribution is 2.36. The average Bonchev–Trinajstić information content (AvgIpc) is 3.75. The fourth-order valence-corrected chi connectivity index (χ4v) is 4.60. The Balaban J connectivity index is 1.31. The molecule has 0 amide bonds. The van der Waals surface area contributed by atoms with E-state index in [-0.39, 0.29) is 91.3 Å². The molecule has 38 heavy (non-hydrogen) atoms. The van der Waals surface area contributed by atoms with E-state index in [1.54, 1.807) is 48.5 Å². The lowest BCUT2D eigenvalue weighted by molar-refractivity contribution is 0.668. The van der Waals surface area contributed by atoms with E-state index < -0.39 is 48.3 Å². The number of hydrogen-bond acceptors (Lipinski definition) is 2. The molecule has 2 aromatic heterocycles. The normalized spacial score (nSPS) is 16.8. The summed E-state index contributed by atoms with van der Waals surface area (Å²) in [6, 6.07) is 7.86. The molecule has 0 radical (unpaired) electrons. The van der Waals surface area contributed by atoms with Gasteiger partial charge in [0.15, 0.2) is 0 Å². The molecular weight excluding hydrogens is 464 g/mol. The van der Waals surface area contributed by atoms with Gasteiger partial charge in [0.25, 0.3) is 0 Å². The molecule has 0 aliphatic carbocycles. The van der Waals surface area contributed by atoms with Crippen LogP contribution in [0.5, 0.6) is 0 Å². The van der Waals surface area contributed by atoms with Crippen molar-refractivity contribution in [1.82, 2.24) is 0 Å². The van der Waals surface area contributed by atoms with Gasteiger partial charge in [0, 0.05) is 21.5 Å². The van der Waals surface area contributed by atoms with Gasteiger partial charge in [-0.3, -0.25) is 0 Å². The minimum atomic E-state index is -0.518. The largest absolute Gasteiger partial charge is 0.456 e. The summed E-state index contributed by atoms with van der Waals surface area (Å²) in [6.07, 6.45) is 0. The van der Waals surface area contributed by atoms with Crippen molar-refractivity contribution in [2.45, 2.75) is 0 Å². The van der Waals surface area contributed by atoms with Gasteiger partial charge in [-0.1, -0.05) is 84.7 Å². The molecule has 0 unspecified atom stereocenters. The summed E-state index contributed by atoms with van der Waals surface area (Å²) in [5.41, 5.74) is 1.26. The minimum absolute atomic E-state index is 0.00502. The van der Waals surface area contributed by atoms with Crippen LogP contribution in [0.3, 0.4) is 0 Å². The van der Waals surface area contributed by atoms with Gasteiger partial charge in [-0.15, -0.1) is 0 Å². The Kier molecular flexibility index (Phi) is 2.50. The first-order valence-corrected chi connectivity index (χ1v) is 11.7. The summed E-state index contributed by atoms with van der Waals surface area (Å²) in [5, 5.41) is -0.105. The fourth-order valence-electron chi connectivity index (χ4n) is 4.60. The summed E-state index contributed by atoms with van der Waals surface area (Å²) < 4.78 is 131. The molecule has 2 nitrogen and oxygen atoms in total. The number of para-hydroxylation sites is 2. The second-order valence-electron chi connectivity index (χ2n) is 8.68. The molecule has 0 saturated heterocycles. The number of benzene rings is 6. The van der Waals surface area contributed by atoms with Crippen LogP contribution in [-0.4, -0.2) is 0 Å². The molecule has 0 fully saturated rings. The Hall–Kier alpha value is -5.08. The van der Waals surface area contributed by atoms with E-state index in [1.165, 1.54) is 0 Å². The number of fused-ring (bicyclic) bond motifs is 6. The Bertz CT molecular complexity index is 2710. The highest BCUT2D eigenvalue weighted by atomic mass is 16.3. The summed E-state index contributed by atoms with van der Waals surface area (Å²) in [4.78, 5) is 0. The summed E-state index contributed by atoms with van der Waals surface area (Å²) in [5.74, 6) is 0. The van der Waals surface area contributed by atoms with Crippen molar-refractivity contribution in [3.05, 3.63) is 133 Å². The van der Waals surface area contributed by atoms with Crippen molar-refractivity contribution in [2.75, 3.05) is 0 Å². The van der Waals surface area contributed by atoms with E-state index in [0.717, 1.165) is 0 Å². The Morgan fingerprint density at radius 3 is 1.26 bits per heavy atom. The van der Waals surface area contributed by atoms with Gasteiger partial charge >= 0.3 is 0 Å². The molecule has 2 heterocycles. The van der Waals surface area contributed by atoms with Crippen LogP contribution in [0.1, 0.15) is 19.2 Å².